The number of urea groups is 1. The summed E-state index contributed by atoms with van der Waals surface area (Å²) in [5.41, 5.74) is 0. The molecule has 1 unspecified atom stereocenters. The third-order valence-corrected chi connectivity index (χ3v) is 3.42. The number of methoxy groups -OCH3 is 1. The zero-order chi connectivity index (χ0) is 14.1. The molecule has 1 aliphatic rings. The van der Waals surface area contributed by atoms with Gasteiger partial charge in [0.05, 0.1) is 12.5 Å². The third-order valence-electron chi connectivity index (χ3n) is 3.42. The van der Waals surface area contributed by atoms with Gasteiger partial charge in [-0.05, 0) is 12.8 Å². The van der Waals surface area contributed by atoms with Crippen molar-refractivity contribution in [2.24, 2.45) is 0 Å². The van der Waals surface area contributed by atoms with Crippen LogP contribution in [0.1, 0.15) is 44.9 Å². The summed E-state index contributed by atoms with van der Waals surface area (Å²) in [6.45, 7) is 0.210. The Labute approximate surface area is 113 Å². The van der Waals surface area contributed by atoms with Crippen LogP contribution in [-0.4, -0.2) is 42.9 Å². The van der Waals surface area contributed by atoms with Gasteiger partial charge in [-0.1, -0.05) is 25.7 Å². The first-order chi connectivity index (χ1) is 9.11. The summed E-state index contributed by atoms with van der Waals surface area (Å²) in [5.74, 6) is -0.933. The number of ether oxygens (including phenoxy) is 1. The fourth-order valence-electron chi connectivity index (χ4n) is 2.30. The van der Waals surface area contributed by atoms with Gasteiger partial charge in [-0.15, -0.1) is 0 Å². The van der Waals surface area contributed by atoms with E-state index >= 15 is 0 Å². The van der Waals surface area contributed by atoms with Crippen LogP contribution in [0.4, 0.5) is 4.79 Å². The zero-order valence-electron chi connectivity index (χ0n) is 11.5. The highest BCUT2D eigenvalue weighted by atomic mass is 16.5. The Hall–Kier alpha value is -1.30. The summed E-state index contributed by atoms with van der Waals surface area (Å²) in [4.78, 5) is 22.3. The second-order valence-corrected chi connectivity index (χ2v) is 5.00. The Bertz CT molecular complexity index is 288. The number of hydrogen-bond acceptors (Lipinski definition) is 3. The van der Waals surface area contributed by atoms with Crippen LogP contribution in [0.15, 0.2) is 0 Å². The van der Waals surface area contributed by atoms with Crippen LogP contribution in [0.2, 0.25) is 0 Å². The lowest BCUT2D eigenvalue weighted by atomic mass is 10.1. The van der Waals surface area contributed by atoms with Crippen LogP contribution in [0.5, 0.6) is 0 Å². The summed E-state index contributed by atoms with van der Waals surface area (Å²) in [7, 11) is 1.44. The topological polar surface area (TPSA) is 87.7 Å². The number of carbonyl (C=O) groups is 2. The molecule has 0 spiro atoms. The monoisotopic (exact) mass is 272 g/mol. The molecule has 0 saturated heterocycles. The van der Waals surface area contributed by atoms with Crippen molar-refractivity contribution in [3.63, 3.8) is 0 Å². The minimum Gasteiger partial charge on any atom is -0.481 e. The molecule has 2 amide bonds. The van der Waals surface area contributed by atoms with E-state index in [0.29, 0.717) is 0 Å². The quantitative estimate of drug-likeness (QED) is 0.639. The predicted molar refractivity (Wildman–Crippen MR) is 71.1 cm³/mol. The molecule has 1 aliphatic carbocycles. The van der Waals surface area contributed by atoms with Crippen molar-refractivity contribution < 1.29 is 19.4 Å². The first-order valence-corrected chi connectivity index (χ1v) is 6.90. The van der Waals surface area contributed by atoms with E-state index in [1.807, 2.05) is 0 Å². The average molecular weight is 272 g/mol. The molecule has 1 atom stereocenters. The number of carbonyl (C=O) groups excluding carboxylic acids is 1. The second-order valence-electron chi connectivity index (χ2n) is 5.00. The summed E-state index contributed by atoms with van der Waals surface area (Å²) >= 11 is 0. The molecule has 19 heavy (non-hydrogen) atoms. The van der Waals surface area contributed by atoms with Crippen LogP contribution >= 0.6 is 0 Å². The lowest BCUT2D eigenvalue weighted by molar-refractivity contribution is -0.139. The van der Waals surface area contributed by atoms with Crippen LogP contribution in [0.3, 0.4) is 0 Å². The molecule has 1 fully saturated rings. The average Bonchev–Trinajstić information content (AvgIpc) is 2.62. The zero-order valence-corrected chi connectivity index (χ0v) is 11.5. The van der Waals surface area contributed by atoms with Gasteiger partial charge in [-0.2, -0.15) is 0 Å². The molecule has 0 bridgehead atoms. The van der Waals surface area contributed by atoms with Crippen molar-refractivity contribution in [3.8, 4) is 0 Å². The van der Waals surface area contributed by atoms with Crippen LogP contribution in [0.25, 0.3) is 0 Å². The Balaban J connectivity index is 2.23. The molecule has 0 radical (unpaired) electrons. The Morgan fingerprint density at radius 3 is 2.42 bits per heavy atom. The van der Waals surface area contributed by atoms with Gasteiger partial charge in [0.15, 0.2) is 0 Å². The maximum absolute atomic E-state index is 11.7. The molecule has 110 valence electrons. The fourth-order valence-corrected chi connectivity index (χ4v) is 2.30. The number of rotatable bonds is 6. The Kier molecular flexibility index (Phi) is 7.25. The normalized spacial score (nSPS) is 18.4. The standard InChI is InChI=1S/C13H24N2O4/c1-19-11(8-12(16)17)9-14-13(18)15-10-6-4-2-3-5-7-10/h10-11H,2-9H2,1H3,(H,16,17)(H2,14,15,18). The SMILES string of the molecule is COC(CNC(=O)NC1CCCCCC1)CC(=O)O. The molecule has 0 aromatic rings. The van der Waals surface area contributed by atoms with Gasteiger partial charge >= 0.3 is 12.0 Å². The second kappa shape index (κ2) is 8.74. The molecule has 0 heterocycles. The fraction of sp³-hybridized carbons (Fsp3) is 0.846. The highest BCUT2D eigenvalue weighted by molar-refractivity contribution is 5.74. The van der Waals surface area contributed by atoms with Gasteiger partial charge in [0.2, 0.25) is 0 Å². The van der Waals surface area contributed by atoms with Crippen molar-refractivity contribution in [2.75, 3.05) is 13.7 Å². The predicted octanol–water partition coefficient (Wildman–Crippen LogP) is 1.50. The van der Waals surface area contributed by atoms with Crippen LogP contribution < -0.4 is 10.6 Å². The number of amides is 2. The van der Waals surface area contributed by atoms with E-state index in [-0.39, 0.29) is 25.0 Å². The van der Waals surface area contributed by atoms with Gasteiger partial charge in [0, 0.05) is 19.7 Å². The summed E-state index contributed by atoms with van der Waals surface area (Å²) in [6, 6.07) is 0.00214. The minimum absolute atomic E-state index is 0.111. The van der Waals surface area contributed by atoms with Crippen molar-refractivity contribution >= 4 is 12.0 Å². The van der Waals surface area contributed by atoms with Crippen LogP contribution in [-0.2, 0) is 9.53 Å². The van der Waals surface area contributed by atoms with Crippen molar-refractivity contribution in [2.45, 2.75) is 57.1 Å². The lowest BCUT2D eigenvalue weighted by Gasteiger charge is -2.18. The number of aliphatic carboxylic acids is 1. The summed E-state index contributed by atoms with van der Waals surface area (Å²) in [6.07, 6.45) is 6.24. The van der Waals surface area contributed by atoms with Gasteiger partial charge in [-0.25, -0.2) is 4.79 Å². The molecular weight excluding hydrogens is 248 g/mol. The van der Waals surface area contributed by atoms with E-state index in [9.17, 15) is 9.59 Å². The minimum atomic E-state index is -0.933. The molecule has 1 rings (SSSR count). The molecule has 1 saturated carbocycles. The van der Waals surface area contributed by atoms with Gasteiger partial charge in [-0.3, -0.25) is 4.79 Å². The molecule has 3 N–H and O–H groups in total. The number of hydrogen-bond donors (Lipinski definition) is 3. The van der Waals surface area contributed by atoms with E-state index in [1.165, 1.54) is 20.0 Å². The van der Waals surface area contributed by atoms with E-state index in [4.69, 9.17) is 9.84 Å². The highest BCUT2D eigenvalue weighted by Gasteiger charge is 2.16. The van der Waals surface area contributed by atoms with E-state index in [1.54, 1.807) is 0 Å². The van der Waals surface area contributed by atoms with Gasteiger partial charge in [0.1, 0.15) is 0 Å². The number of carboxylic acid groups (broad SMARTS) is 1. The smallest absolute Gasteiger partial charge is 0.315 e. The van der Waals surface area contributed by atoms with Crippen molar-refractivity contribution in [1.29, 1.82) is 0 Å². The highest BCUT2D eigenvalue weighted by Crippen LogP contribution is 2.16. The van der Waals surface area contributed by atoms with Crippen molar-refractivity contribution in [1.82, 2.24) is 10.6 Å². The van der Waals surface area contributed by atoms with Crippen LogP contribution in [0, 0.1) is 0 Å². The van der Waals surface area contributed by atoms with E-state index in [2.05, 4.69) is 10.6 Å². The maximum atomic E-state index is 11.7. The molecule has 6 nitrogen and oxygen atoms in total. The molecule has 6 heteroatoms. The maximum Gasteiger partial charge on any atom is 0.315 e. The Morgan fingerprint density at radius 1 is 1.26 bits per heavy atom. The third kappa shape index (κ3) is 7.00. The molecule has 0 aromatic heterocycles. The van der Waals surface area contributed by atoms with Gasteiger partial charge < -0.3 is 20.5 Å². The largest absolute Gasteiger partial charge is 0.481 e. The first-order valence-electron chi connectivity index (χ1n) is 6.90. The van der Waals surface area contributed by atoms with Gasteiger partial charge in [0.25, 0.3) is 0 Å². The van der Waals surface area contributed by atoms with E-state index in [0.717, 1.165) is 25.7 Å². The Morgan fingerprint density at radius 2 is 1.89 bits per heavy atom. The number of nitrogens with one attached hydrogen (secondary N) is 2. The van der Waals surface area contributed by atoms with Crippen molar-refractivity contribution in [3.05, 3.63) is 0 Å². The van der Waals surface area contributed by atoms with E-state index < -0.39 is 12.1 Å². The number of carboxylic acids is 1. The molecule has 0 aliphatic heterocycles. The first kappa shape index (κ1) is 15.8. The summed E-state index contributed by atoms with van der Waals surface area (Å²) < 4.78 is 5.00. The lowest BCUT2D eigenvalue weighted by Crippen LogP contribution is -2.45. The summed E-state index contributed by atoms with van der Waals surface area (Å²) in [5, 5.41) is 14.3. The molecular formula is C13H24N2O4. The molecule has 0 aromatic carbocycles.